The number of aromatic nitrogens is 2. The Kier molecular flexibility index (Phi) is 2.83. The van der Waals surface area contributed by atoms with Crippen LogP contribution in [0.3, 0.4) is 0 Å². The highest BCUT2D eigenvalue weighted by molar-refractivity contribution is 5.58. The zero-order valence-electron chi connectivity index (χ0n) is 8.92. The van der Waals surface area contributed by atoms with E-state index in [-0.39, 0.29) is 12.2 Å². The summed E-state index contributed by atoms with van der Waals surface area (Å²) in [6.45, 7) is -0.269. The van der Waals surface area contributed by atoms with Crippen molar-refractivity contribution in [3.63, 3.8) is 0 Å². The monoisotopic (exact) mass is 216 g/mol. The van der Waals surface area contributed by atoms with E-state index in [4.69, 9.17) is 5.11 Å². The van der Waals surface area contributed by atoms with Crippen LogP contribution < -0.4 is 5.56 Å². The van der Waals surface area contributed by atoms with Gasteiger partial charge >= 0.3 is 0 Å². The second-order valence-corrected chi connectivity index (χ2v) is 3.51. The lowest BCUT2D eigenvalue weighted by Gasteiger charge is -2.05. The van der Waals surface area contributed by atoms with E-state index in [0.717, 1.165) is 5.56 Å². The summed E-state index contributed by atoms with van der Waals surface area (Å²) in [5.41, 5.74) is 1.71. The van der Waals surface area contributed by atoms with Gasteiger partial charge < -0.3 is 5.11 Å². The van der Waals surface area contributed by atoms with E-state index in [9.17, 15) is 4.79 Å². The Morgan fingerprint density at radius 1 is 1.31 bits per heavy atom. The third kappa shape index (κ3) is 1.87. The molecule has 0 radical (unpaired) electrons. The fraction of sp³-hybridized carbons (Fsp3) is 0.167. The molecule has 0 aliphatic rings. The van der Waals surface area contributed by atoms with E-state index in [1.807, 2.05) is 30.3 Å². The SMILES string of the molecule is Cn1nc(-c2ccccc2)cc(CO)c1=O. The van der Waals surface area contributed by atoms with Gasteiger partial charge in [0.05, 0.1) is 12.3 Å². The molecule has 0 fully saturated rings. The van der Waals surface area contributed by atoms with Gasteiger partial charge in [-0.3, -0.25) is 4.79 Å². The van der Waals surface area contributed by atoms with Crippen LogP contribution >= 0.6 is 0 Å². The van der Waals surface area contributed by atoms with E-state index in [2.05, 4.69) is 5.10 Å². The van der Waals surface area contributed by atoms with Gasteiger partial charge in [-0.15, -0.1) is 0 Å². The molecule has 0 amide bonds. The van der Waals surface area contributed by atoms with Crippen molar-refractivity contribution in [2.75, 3.05) is 0 Å². The Bertz CT molecular complexity index is 547. The lowest BCUT2D eigenvalue weighted by molar-refractivity contribution is 0.279. The van der Waals surface area contributed by atoms with Crippen molar-refractivity contribution in [3.05, 3.63) is 52.3 Å². The average Bonchev–Trinajstić information content (AvgIpc) is 2.33. The fourth-order valence-electron chi connectivity index (χ4n) is 1.53. The summed E-state index contributed by atoms with van der Waals surface area (Å²) in [5, 5.41) is 13.2. The van der Waals surface area contributed by atoms with Crippen LogP contribution in [0.15, 0.2) is 41.2 Å². The molecule has 0 bridgehead atoms. The van der Waals surface area contributed by atoms with Crippen LogP contribution in [0.1, 0.15) is 5.56 Å². The molecule has 4 nitrogen and oxygen atoms in total. The molecule has 0 aliphatic carbocycles. The van der Waals surface area contributed by atoms with Gasteiger partial charge in [-0.2, -0.15) is 5.10 Å². The molecule has 0 unspecified atom stereocenters. The van der Waals surface area contributed by atoms with Crippen LogP contribution in [0.25, 0.3) is 11.3 Å². The minimum absolute atomic E-state index is 0.262. The molecule has 1 N–H and O–H groups in total. The lowest BCUT2D eigenvalue weighted by Crippen LogP contribution is -2.23. The van der Waals surface area contributed by atoms with Crippen LogP contribution in [0.2, 0.25) is 0 Å². The third-order valence-electron chi connectivity index (χ3n) is 2.38. The zero-order valence-corrected chi connectivity index (χ0v) is 8.92. The Morgan fingerprint density at radius 2 is 2.00 bits per heavy atom. The molecule has 0 saturated heterocycles. The lowest BCUT2D eigenvalue weighted by atomic mass is 10.1. The number of aliphatic hydroxyl groups is 1. The molecule has 4 heteroatoms. The fourth-order valence-corrected chi connectivity index (χ4v) is 1.53. The van der Waals surface area contributed by atoms with E-state index in [1.54, 1.807) is 13.1 Å². The number of hydrogen-bond donors (Lipinski definition) is 1. The van der Waals surface area contributed by atoms with Gasteiger partial charge in [-0.25, -0.2) is 4.68 Å². The Hall–Kier alpha value is -1.94. The van der Waals surface area contributed by atoms with Crippen LogP contribution in [-0.4, -0.2) is 14.9 Å². The molecule has 82 valence electrons. The number of hydrogen-bond acceptors (Lipinski definition) is 3. The van der Waals surface area contributed by atoms with Crippen LogP contribution in [0.4, 0.5) is 0 Å². The summed E-state index contributed by atoms with van der Waals surface area (Å²) >= 11 is 0. The largest absolute Gasteiger partial charge is 0.391 e. The van der Waals surface area contributed by atoms with Crippen LogP contribution in [-0.2, 0) is 13.7 Å². The number of benzene rings is 1. The van der Waals surface area contributed by atoms with E-state index >= 15 is 0 Å². The van der Waals surface area contributed by atoms with E-state index in [0.29, 0.717) is 11.3 Å². The highest BCUT2D eigenvalue weighted by Gasteiger charge is 2.06. The first kappa shape index (κ1) is 10.6. The molecule has 0 aliphatic heterocycles. The average molecular weight is 216 g/mol. The van der Waals surface area contributed by atoms with Crippen molar-refractivity contribution in [2.24, 2.45) is 7.05 Å². The second-order valence-electron chi connectivity index (χ2n) is 3.51. The third-order valence-corrected chi connectivity index (χ3v) is 2.38. The molecule has 16 heavy (non-hydrogen) atoms. The van der Waals surface area contributed by atoms with Gasteiger partial charge in [0.2, 0.25) is 0 Å². The minimum Gasteiger partial charge on any atom is -0.391 e. The highest BCUT2D eigenvalue weighted by Crippen LogP contribution is 2.15. The maximum Gasteiger partial charge on any atom is 0.272 e. The topological polar surface area (TPSA) is 55.1 Å². The van der Waals surface area contributed by atoms with E-state index < -0.39 is 0 Å². The molecule has 1 heterocycles. The van der Waals surface area contributed by atoms with Crippen molar-refractivity contribution >= 4 is 0 Å². The number of rotatable bonds is 2. The first-order chi connectivity index (χ1) is 7.72. The second kappa shape index (κ2) is 4.28. The number of aliphatic hydroxyl groups excluding tert-OH is 1. The molecule has 0 saturated carbocycles. The smallest absolute Gasteiger partial charge is 0.272 e. The Morgan fingerprint density at radius 3 is 2.62 bits per heavy atom. The molecular formula is C12H12N2O2. The molecule has 1 aromatic heterocycles. The zero-order chi connectivity index (χ0) is 11.5. The van der Waals surface area contributed by atoms with Gasteiger partial charge in [-0.05, 0) is 6.07 Å². The molecule has 0 atom stereocenters. The summed E-state index contributed by atoms with van der Waals surface area (Å²) < 4.78 is 1.24. The molecule has 2 aromatic rings. The van der Waals surface area contributed by atoms with Crippen LogP contribution in [0.5, 0.6) is 0 Å². The quantitative estimate of drug-likeness (QED) is 0.812. The normalized spacial score (nSPS) is 10.4. The van der Waals surface area contributed by atoms with Gasteiger partial charge in [-0.1, -0.05) is 30.3 Å². The molecule has 0 spiro atoms. The van der Waals surface area contributed by atoms with Gasteiger partial charge in [0, 0.05) is 18.2 Å². The first-order valence-electron chi connectivity index (χ1n) is 4.96. The summed E-state index contributed by atoms with van der Waals surface area (Å²) in [6.07, 6.45) is 0. The van der Waals surface area contributed by atoms with Crippen molar-refractivity contribution in [2.45, 2.75) is 6.61 Å². The Balaban J connectivity index is 2.60. The predicted octanol–water partition coefficient (Wildman–Crippen LogP) is 0.940. The van der Waals surface area contributed by atoms with E-state index in [1.165, 1.54) is 4.68 Å². The van der Waals surface area contributed by atoms with Gasteiger partial charge in [0.25, 0.3) is 5.56 Å². The summed E-state index contributed by atoms with van der Waals surface area (Å²) in [5.74, 6) is 0. The first-order valence-corrected chi connectivity index (χ1v) is 4.96. The molecule has 1 aromatic carbocycles. The highest BCUT2D eigenvalue weighted by atomic mass is 16.3. The maximum atomic E-state index is 11.5. The standard InChI is InChI=1S/C12H12N2O2/c1-14-12(16)10(8-15)7-11(13-14)9-5-3-2-4-6-9/h2-7,15H,8H2,1H3. The summed E-state index contributed by atoms with van der Waals surface area (Å²) in [4.78, 5) is 11.5. The molecular weight excluding hydrogens is 204 g/mol. The minimum atomic E-state index is -0.269. The van der Waals surface area contributed by atoms with Crippen molar-refractivity contribution in [1.82, 2.24) is 9.78 Å². The summed E-state index contributed by atoms with van der Waals surface area (Å²) in [6, 6.07) is 11.2. The van der Waals surface area contributed by atoms with Crippen molar-refractivity contribution < 1.29 is 5.11 Å². The van der Waals surface area contributed by atoms with Gasteiger partial charge in [0.1, 0.15) is 0 Å². The van der Waals surface area contributed by atoms with Crippen molar-refractivity contribution in [1.29, 1.82) is 0 Å². The number of aryl methyl sites for hydroxylation is 1. The Labute approximate surface area is 92.8 Å². The van der Waals surface area contributed by atoms with Crippen LogP contribution in [0, 0.1) is 0 Å². The van der Waals surface area contributed by atoms with Crippen molar-refractivity contribution in [3.8, 4) is 11.3 Å². The molecule has 2 rings (SSSR count). The predicted molar refractivity (Wildman–Crippen MR) is 60.8 cm³/mol. The maximum absolute atomic E-state index is 11.5. The summed E-state index contributed by atoms with van der Waals surface area (Å²) in [7, 11) is 1.58. The van der Waals surface area contributed by atoms with Gasteiger partial charge in [0.15, 0.2) is 0 Å². The number of nitrogens with zero attached hydrogens (tertiary/aromatic N) is 2.